The fourth-order valence-electron chi connectivity index (χ4n) is 0. The molecule has 0 atom stereocenters. The molecule has 0 fully saturated rings. The van der Waals surface area contributed by atoms with Crippen molar-refractivity contribution in [1.29, 1.82) is 4.78 Å². The maximum atomic E-state index is 8.67. The predicted molar refractivity (Wildman–Crippen MR) is 19.6 cm³/mol. The molecule has 0 saturated carbocycles. The van der Waals surface area contributed by atoms with Gasteiger partial charge in [-0.15, -0.1) is 0 Å². The van der Waals surface area contributed by atoms with E-state index in [1.54, 1.807) is 0 Å². The molecule has 0 saturated heterocycles. The molecule has 0 aromatic heterocycles. The number of hydrogen-bond donors (Lipinski definition) is 1. The third-order valence-electron chi connectivity index (χ3n) is 0. The van der Waals surface area contributed by atoms with Crippen molar-refractivity contribution >= 4 is 48.2 Å². The van der Waals surface area contributed by atoms with Gasteiger partial charge in [0.25, 0.3) is 0 Å². The summed E-state index contributed by atoms with van der Waals surface area (Å²) in [5, 5.41) is 0. The Kier molecular flexibility index (Phi) is 9.08. The van der Waals surface area contributed by atoms with Crippen LogP contribution in [0.5, 0.6) is 0 Å². The molecule has 0 bridgehead atoms. The van der Waals surface area contributed by atoms with E-state index in [9.17, 15) is 0 Å². The molecule has 5 heavy (non-hydrogen) atoms. The fourth-order valence-corrected chi connectivity index (χ4v) is 0. The van der Waals surface area contributed by atoms with Gasteiger partial charge in [-0.05, 0) is 0 Å². The normalized spacial score (nSPS) is 4.80. The van der Waals surface area contributed by atoms with Gasteiger partial charge in [0.05, 0.1) is 0 Å². The molecule has 0 amide bonds. The minimum atomic E-state index is -2.61. The Morgan fingerprint density at radius 3 is 1.60 bits per heavy atom. The van der Waals surface area contributed by atoms with Crippen molar-refractivity contribution in [2.75, 3.05) is 0 Å². The summed E-state index contributed by atoms with van der Waals surface area (Å²) in [4.78, 5) is 0. The van der Waals surface area contributed by atoms with Crippen molar-refractivity contribution in [2.45, 2.75) is 0 Å². The molecule has 0 aromatic carbocycles. The third kappa shape index (κ3) is 52.3. The smallest absolute Gasteiger partial charge is 1.00 e. The van der Waals surface area contributed by atoms with Gasteiger partial charge in [-0.1, -0.05) is 0 Å². The van der Waals surface area contributed by atoms with Gasteiger partial charge in [-0.25, -0.2) is 0 Å². The molecule has 0 rings (SSSR count). The Hall–Kier alpha value is 0.880. The third-order valence-corrected chi connectivity index (χ3v) is 0. The minimum absolute atomic E-state index is 0. The van der Waals surface area contributed by atoms with Gasteiger partial charge in [0, 0.05) is 0 Å². The first-order chi connectivity index (χ1) is 1.73. The molecule has 0 spiro atoms. The molecule has 0 aliphatic rings. The first kappa shape index (κ1) is 9.30. The fraction of sp³-hybridized carbons (Fsp3) is 0. The van der Waals surface area contributed by atoms with Crippen LogP contribution in [0, 0.1) is 4.78 Å². The summed E-state index contributed by atoms with van der Waals surface area (Å²) >= 11 is 0. The Labute approximate surface area is 63.8 Å². The molecule has 0 radical (unpaired) electrons. The Morgan fingerprint density at radius 2 is 1.60 bits per heavy atom. The molecule has 3 nitrogen and oxygen atoms in total. The van der Waals surface area contributed by atoms with E-state index < -0.39 is 10.5 Å². The van der Waals surface area contributed by atoms with E-state index in [1.807, 2.05) is 0 Å². The van der Waals surface area contributed by atoms with Crippen LogP contribution in [-0.4, -0.2) is 46.2 Å². The molecule has 5 heteroatoms. The maximum absolute atomic E-state index is 8.67. The zero-order valence-electron chi connectivity index (χ0n) is 4.43. The van der Waals surface area contributed by atoms with E-state index in [0.29, 0.717) is 0 Å². The van der Waals surface area contributed by atoms with E-state index in [1.165, 1.54) is 0 Å². The van der Waals surface area contributed by atoms with Crippen molar-refractivity contribution in [1.82, 2.24) is 0 Å². The van der Waals surface area contributed by atoms with E-state index in [0.717, 1.165) is 0 Å². The van der Waals surface area contributed by atoms with Gasteiger partial charge in [-0.3, -0.25) is 0 Å². The molecule has 0 heterocycles. The van der Waals surface area contributed by atoms with Crippen LogP contribution in [0.3, 0.4) is 0 Å². The van der Waals surface area contributed by atoms with Crippen LogP contribution in [-0.2, 0) is 10.5 Å². The van der Waals surface area contributed by atoms with E-state index in [2.05, 4.69) is 0 Å². The summed E-state index contributed by atoms with van der Waals surface area (Å²) in [6.07, 6.45) is 0. The second-order valence-corrected chi connectivity index (χ2v) is 0.704. The summed E-state index contributed by atoms with van der Waals surface area (Å²) in [6, 6.07) is 0. The molecular formula is H3CaNO2S. The molecule has 0 aliphatic heterocycles. The second-order valence-electron chi connectivity index (χ2n) is 0.235. The van der Waals surface area contributed by atoms with Crippen molar-refractivity contribution < 1.29 is 11.3 Å². The number of rotatable bonds is 0. The summed E-state index contributed by atoms with van der Waals surface area (Å²) in [7, 11) is -2.61. The summed E-state index contributed by atoms with van der Waals surface area (Å²) in [5.41, 5.74) is 0. The van der Waals surface area contributed by atoms with Crippen LogP contribution < -0.4 is 0 Å². The average Bonchev–Trinajstić information content (AvgIpc) is 0.811. The van der Waals surface area contributed by atoms with Crippen LogP contribution >= 0.6 is 0 Å². The molecule has 0 aliphatic carbocycles. The van der Waals surface area contributed by atoms with Crippen LogP contribution in [0.1, 0.15) is 2.85 Å². The summed E-state index contributed by atoms with van der Waals surface area (Å²) < 4.78 is 22.8. The van der Waals surface area contributed by atoms with Crippen LogP contribution in [0.4, 0.5) is 0 Å². The summed E-state index contributed by atoms with van der Waals surface area (Å²) in [6.45, 7) is 0. The second kappa shape index (κ2) is 4.88. The van der Waals surface area contributed by atoms with Gasteiger partial charge < -0.3 is 2.85 Å². The van der Waals surface area contributed by atoms with Crippen LogP contribution in [0.15, 0.2) is 0 Å². The molecule has 0 aromatic rings. The van der Waals surface area contributed by atoms with E-state index in [-0.39, 0.29) is 40.6 Å². The number of nitrogens with one attached hydrogen (secondary N) is 1. The van der Waals surface area contributed by atoms with Crippen molar-refractivity contribution in [2.24, 2.45) is 0 Å². The Balaban J connectivity index is -0.0000000150. The monoisotopic (exact) mass is 121 g/mol. The Bertz CT molecular complexity index is 85.1. The van der Waals surface area contributed by atoms with Gasteiger partial charge in [0.15, 0.2) is 0 Å². The van der Waals surface area contributed by atoms with Gasteiger partial charge in [0.2, 0.25) is 0 Å². The molecular weight excluding hydrogens is 118 g/mol. The zero-order chi connectivity index (χ0) is 3.58. The Morgan fingerprint density at radius 1 is 1.60 bits per heavy atom. The van der Waals surface area contributed by atoms with E-state index in [4.69, 9.17) is 13.2 Å². The van der Waals surface area contributed by atoms with E-state index >= 15 is 0 Å². The average molecular weight is 121 g/mol. The standard InChI is InChI=1S/Ca.HNO2S.2H/c;1-4(2)3;;/h;1H;;/q+2;;2*-1. The molecule has 0 unspecified atom stereocenters. The van der Waals surface area contributed by atoms with Crippen molar-refractivity contribution in [3.05, 3.63) is 0 Å². The topological polar surface area (TPSA) is 58.0 Å². The molecule has 1 N–H and O–H groups in total. The number of hydrogen-bond acceptors (Lipinski definition) is 3. The van der Waals surface area contributed by atoms with Crippen molar-refractivity contribution in [3.63, 3.8) is 0 Å². The van der Waals surface area contributed by atoms with Crippen LogP contribution in [0.2, 0.25) is 0 Å². The minimum Gasteiger partial charge on any atom is -1.00 e. The van der Waals surface area contributed by atoms with Crippen LogP contribution in [0.25, 0.3) is 0 Å². The van der Waals surface area contributed by atoms with Crippen molar-refractivity contribution in [3.8, 4) is 0 Å². The quantitative estimate of drug-likeness (QED) is 0.438. The van der Waals surface area contributed by atoms with Gasteiger partial charge >= 0.3 is 48.2 Å². The largest absolute Gasteiger partial charge is 2.00 e. The molecule has 28 valence electrons. The SMILES string of the molecule is N=S(=O)=O.[Ca+2].[H-].[H-]. The first-order valence-corrected chi connectivity index (χ1v) is 1.61. The summed E-state index contributed by atoms with van der Waals surface area (Å²) in [5.74, 6) is 0. The van der Waals surface area contributed by atoms with Gasteiger partial charge in [0.1, 0.15) is 0 Å². The van der Waals surface area contributed by atoms with Gasteiger partial charge in [-0.2, -0.15) is 13.2 Å². The maximum Gasteiger partial charge on any atom is 2.00 e. The predicted octanol–water partition coefficient (Wildman–Crippen LogP) is -0.528. The zero-order valence-corrected chi connectivity index (χ0v) is 5.46. The first-order valence-electron chi connectivity index (χ1n) is 0.537.